The molecule has 0 saturated carbocycles. The lowest BCUT2D eigenvalue weighted by atomic mass is 10.0. The van der Waals surface area contributed by atoms with Gasteiger partial charge in [-0.2, -0.15) is 0 Å². The minimum Gasteiger partial charge on any atom is -0.870 e. The van der Waals surface area contributed by atoms with Gasteiger partial charge >= 0.3 is 6.03 Å². The number of carbonyl (C=O) groups excluding carboxylic acids is 3. The van der Waals surface area contributed by atoms with Crippen LogP contribution in [0.25, 0.3) is 6.08 Å². The van der Waals surface area contributed by atoms with Crippen molar-refractivity contribution in [2.75, 3.05) is 12.0 Å². The first kappa shape index (κ1) is 19.5. The van der Waals surface area contributed by atoms with E-state index in [1.807, 2.05) is 5.32 Å². The molecule has 0 aromatic heterocycles. The molecule has 1 fully saturated rings. The summed E-state index contributed by atoms with van der Waals surface area (Å²) in [4.78, 5) is 48.4. The highest BCUT2D eigenvalue weighted by molar-refractivity contribution is 6.39. The molecular formula is C19H14N3O7-. The summed E-state index contributed by atoms with van der Waals surface area (Å²) in [7, 11) is 1.16. The molecule has 1 saturated heterocycles. The molecule has 0 bridgehead atoms. The standard InChI is InChI=1S/C19H15N3O7/c1-10-4-3-5-12(6-10)21-18(25)14(17(24)20-19(21)26)8-11-7-13(22(27)28)9-15(29-2)16(11)23/h3-9,23H,1-2H3,(H,20,24,26)/p-1/b14-8+. The number of ether oxygens (including phenoxy) is 1. The van der Waals surface area contributed by atoms with Crippen LogP contribution < -0.4 is 20.1 Å². The quantitative estimate of drug-likeness (QED) is 0.358. The van der Waals surface area contributed by atoms with Crippen LogP contribution in [-0.4, -0.2) is 29.9 Å². The van der Waals surface area contributed by atoms with Gasteiger partial charge < -0.3 is 9.84 Å². The van der Waals surface area contributed by atoms with Gasteiger partial charge in [0, 0.05) is 6.07 Å². The summed E-state index contributed by atoms with van der Waals surface area (Å²) in [6, 6.07) is 7.39. The molecule has 148 valence electrons. The van der Waals surface area contributed by atoms with Gasteiger partial charge in [0.2, 0.25) is 0 Å². The number of nitrogens with zero attached hydrogens (tertiary/aromatic N) is 2. The van der Waals surface area contributed by atoms with Gasteiger partial charge in [0.15, 0.2) is 0 Å². The third-order valence-electron chi connectivity index (χ3n) is 4.16. The Hall–Kier alpha value is -4.21. The second-order valence-corrected chi connectivity index (χ2v) is 6.12. The second-order valence-electron chi connectivity index (χ2n) is 6.12. The number of imide groups is 2. The molecule has 29 heavy (non-hydrogen) atoms. The second kappa shape index (κ2) is 7.43. The molecule has 0 radical (unpaired) electrons. The van der Waals surface area contributed by atoms with E-state index in [0.29, 0.717) is 0 Å². The zero-order chi connectivity index (χ0) is 21.3. The largest absolute Gasteiger partial charge is 0.870 e. The summed E-state index contributed by atoms with van der Waals surface area (Å²) in [6.07, 6.45) is 0.907. The molecule has 10 nitrogen and oxygen atoms in total. The fourth-order valence-electron chi connectivity index (χ4n) is 2.79. The monoisotopic (exact) mass is 396 g/mol. The van der Waals surface area contributed by atoms with Gasteiger partial charge in [-0.15, -0.1) is 0 Å². The molecule has 1 N–H and O–H groups in total. The van der Waals surface area contributed by atoms with Crippen LogP contribution >= 0.6 is 0 Å². The van der Waals surface area contributed by atoms with E-state index in [0.717, 1.165) is 35.8 Å². The summed E-state index contributed by atoms with van der Waals surface area (Å²) in [5.41, 5.74) is -0.275. The zero-order valence-corrected chi connectivity index (χ0v) is 15.3. The number of urea groups is 1. The van der Waals surface area contributed by atoms with Crippen molar-refractivity contribution < 1.29 is 29.2 Å². The van der Waals surface area contributed by atoms with Crippen molar-refractivity contribution >= 4 is 35.3 Å². The maximum Gasteiger partial charge on any atom is 0.335 e. The van der Waals surface area contributed by atoms with Gasteiger partial charge in [-0.25, -0.2) is 9.69 Å². The number of aryl methyl sites for hydroxylation is 1. The van der Waals surface area contributed by atoms with E-state index in [4.69, 9.17) is 4.74 Å². The van der Waals surface area contributed by atoms with Gasteiger partial charge in [0.05, 0.1) is 23.8 Å². The maximum absolute atomic E-state index is 12.9. The van der Waals surface area contributed by atoms with Crippen LogP contribution in [0.2, 0.25) is 0 Å². The molecule has 10 heteroatoms. The highest BCUT2D eigenvalue weighted by Crippen LogP contribution is 2.34. The number of carbonyl (C=O) groups is 3. The van der Waals surface area contributed by atoms with Crippen LogP contribution in [0.5, 0.6) is 11.5 Å². The first-order chi connectivity index (χ1) is 13.7. The van der Waals surface area contributed by atoms with Gasteiger partial charge in [0.25, 0.3) is 17.5 Å². The number of non-ortho nitro benzene ring substituents is 1. The molecule has 1 heterocycles. The third kappa shape index (κ3) is 3.63. The number of nitro groups is 1. The van der Waals surface area contributed by atoms with E-state index >= 15 is 0 Å². The first-order valence-corrected chi connectivity index (χ1v) is 8.24. The molecule has 2 aromatic rings. The van der Waals surface area contributed by atoms with Crippen LogP contribution in [0.1, 0.15) is 11.1 Å². The van der Waals surface area contributed by atoms with Crippen LogP contribution in [0.4, 0.5) is 16.2 Å². The van der Waals surface area contributed by atoms with E-state index < -0.39 is 39.8 Å². The highest BCUT2D eigenvalue weighted by atomic mass is 16.6. The average Bonchev–Trinajstić information content (AvgIpc) is 2.66. The van der Waals surface area contributed by atoms with Crippen molar-refractivity contribution in [2.45, 2.75) is 6.92 Å². The van der Waals surface area contributed by atoms with Gasteiger partial charge in [-0.3, -0.25) is 25.0 Å². The fraction of sp³-hybridized carbons (Fsp3) is 0.105. The van der Waals surface area contributed by atoms with Gasteiger partial charge in [0.1, 0.15) is 11.3 Å². The smallest absolute Gasteiger partial charge is 0.335 e. The molecule has 0 unspecified atom stereocenters. The molecule has 0 atom stereocenters. The Morgan fingerprint density at radius 3 is 2.52 bits per heavy atom. The number of benzene rings is 2. The fourth-order valence-corrected chi connectivity index (χ4v) is 2.79. The molecule has 1 aliphatic heterocycles. The highest BCUT2D eigenvalue weighted by Gasteiger charge is 2.37. The van der Waals surface area contributed by atoms with E-state index in [1.165, 1.54) is 6.07 Å². The minimum atomic E-state index is -1.02. The summed E-state index contributed by atoms with van der Waals surface area (Å²) >= 11 is 0. The normalized spacial score (nSPS) is 15.4. The van der Waals surface area contributed by atoms with Crippen LogP contribution in [0.15, 0.2) is 42.0 Å². The van der Waals surface area contributed by atoms with Crippen molar-refractivity contribution in [3.63, 3.8) is 0 Å². The van der Waals surface area contributed by atoms with Gasteiger partial charge in [-0.05, 0) is 36.3 Å². The molecule has 2 aromatic carbocycles. The third-order valence-corrected chi connectivity index (χ3v) is 4.16. The Kier molecular flexibility index (Phi) is 5.01. The van der Waals surface area contributed by atoms with Crippen LogP contribution in [0.3, 0.4) is 0 Å². The number of amides is 4. The maximum atomic E-state index is 12.9. The molecular weight excluding hydrogens is 382 g/mol. The molecule has 4 amide bonds. The minimum absolute atomic E-state index is 0.227. The lowest BCUT2D eigenvalue weighted by molar-refractivity contribution is -0.385. The van der Waals surface area contributed by atoms with Crippen molar-refractivity contribution in [3.05, 3.63) is 63.2 Å². The Morgan fingerprint density at radius 2 is 1.90 bits per heavy atom. The van der Waals surface area contributed by atoms with Crippen molar-refractivity contribution in [3.8, 4) is 11.5 Å². The lowest BCUT2D eigenvalue weighted by Crippen LogP contribution is -2.54. The predicted octanol–water partition coefficient (Wildman–Crippen LogP) is 1.65. The average molecular weight is 396 g/mol. The SMILES string of the molecule is COc1cc([N+](=O)[O-])cc(/C=C2\C(=O)NC(=O)N(c3cccc(C)c3)C2=O)c1[O-]. The number of anilines is 1. The first-order valence-electron chi connectivity index (χ1n) is 8.24. The number of nitrogens with one attached hydrogen (secondary N) is 1. The van der Waals surface area contributed by atoms with E-state index in [1.54, 1.807) is 25.1 Å². The topological polar surface area (TPSA) is 142 Å². The number of hydrogen-bond donors (Lipinski definition) is 1. The number of methoxy groups -OCH3 is 1. The van der Waals surface area contributed by atoms with Gasteiger partial charge in [-0.1, -0.05) is 17.9 Å². The summed E-state index contributed by atoms with van der Waals surface area (Å²) in [5.74, 6) is -3.05. The van der Waals surface area contributed by atoms with E-state index in [2.05, 4.69) is 0 Å². The van der Waals surface area contributed by atoms with Crippen LogP contribution in [-0.2, 0) is 9.59 Å². The Morgan fingerprint density at radius 1 is 1.17 bits per heavy atom. The molecule has 1 aliphatic rings. The van der Waals surface area contributed by atoms with Crippen molar-refractivity contribution in [1.29, 1.82) is 0 Å². The van der Waals surface area contributed by atoms with Crippen LogP contribution in [0, 0.1) is 17.0 Å². The zero-order valence-electron chi connectivity index (χ0n) is 15.3. The molecule has 3 rings (SSSR count). The number of rotatable bonds is 4. The van der Waals surface area contributed by atoms with Crippen molar-refractivity contribution in [1.82, 2.24) is 5.32 Å². The summed E-state index contributed by atoms with van der Waals surface area (Å²) in [6.45, 7) is 1.76. The Labute approximate surface area is 164 Å². The number of hydrogen-bond acceptors (Lipinski definition) is 7. The van der Waals surface area contributed by atoms with Crippen molar-refractivity contribution in [2.24, 2.45) is 0 Å². The molecule has 0 spiro atoms. The number of nitro benzene ring substituents is 1. The van der Waals surface area contributed by atoms with E-state index in [9.17, 15) is 29.6 Å². The Bertz CT molecular complexity index is 1090. The summed E-state index contributed by atoms with van der Waals surface area (Å²) < 4.78 is 4.84. The van der Waals surface area contributed by atoms with E-state index in [-0.39, 0.29) is 17.0 Å². The number of barbiturate groups is 1. The lowest BCUT2D eigenvalue weighted by Gasteiger charge is -2.27. The Balaban J connectivity index is 2.12. The summed E-state index contributed by atoms with van der Waals surface area (Å²) in [5, 5.41) is 25.5. The predicted molar refractivity (Wildman–Crippen MR) is 99.3 cm³/mol. The molecule has 0 aliphatic carbocycles.